The molecule has 3 rings (SSSR count). The number of nitrogens with one attached hydrogen (secondary N) is 1. The lowest BCUT2D eigenvalue weighted by molar-refractivity contribution is 0.220. The molecule has 1 saturated heterocycles. The number of methoxy groups -OCH3 is 1. The number of benzene rings is 1. The molecule has 2 aromatic rings. The number of anilines is 1. The first-order valence-corrected chi connectivity index (χ1v) is 10.9. The summed E-state index contributed by atoms with van der Waals surface area (Å²) >= 11 is 0. The lowest BCUT2D eigenvalue weighted by atomic mass is 10.1. The number of hydrogen-bond acceptors (Lipinski definition) is 5. The Morgan fingerprint density at radius 2 is 2.07 bits per heavy atom. The van der Waals surface area contributed by atoms with Gasteiger partial charge in [0.15, 0.2) is 9.84 Å². The molecule has 1 fully saturated rings. The quantitative estimate of drug-likeness (QED) is 0.824. The maximum absolute atomic E-state index is 12.6. The Balaban J connectivity index is 1.73. The van der Waals surface area contributed by atoms with Crippen LogP contribution < -0.4 is 10.1 Å². The highest BCUT2D eigenvalue weighted by Crippen LogP contribution is 2.28. The van der Waals surface area contributed by atoms with E-state index in [1.54, 1.807) is 35.9 Å². The number of hydrogen-bond donors (Lipinski definition) is 1. The molecule has 0 bridgehead atoms. The first-order chi connectivity index (χ1) is 13.2. The number of rotatable bonds is 5. The fraction of sp³-hybridized carbons (Fsp3) is 0.474. The predicted octanol–water partition coefficient (Wildman–Crippen LogP) is 2.53. The summed E-state index contributed by atoms with van der Waals surface area (Å²) in [6.07, 6.45) is 0.577. The molecule has 1 aliphatic heterocycles. The van der Waals surface area contributed by atoms with E-state index in [1.807, 2.05) is 26.0 Å². The van der Waals surface area contributed by atoms with Gasteiger partial charge in [0.05, 0.1) is 42.6 Å². The largest absolute Gasteiger partial charge is 0.495 e. The zero-order valence-corrected chi connectivity index (χ0v) is 17.4. The molecular weight excluding hydrogens is 380 g/mol. The molecule has 0 radical (unpaired) electrons. The van der Waals surface area contributed by atoms with Crippen LogP contribution in [0.3, 0.4) is 0 Å². The highest BCUT2D eigenvalue weighted by molar-refractivity contribution is 7.91. The molecule has 9 heteroatoms. The highest BCUT2D eigenvalue weighted by Gasteiger charge is 2.31. The third kappa shape index (κ3) is 4.14. The van der Waals surface area contributed by atoms with Crippen LogP contribution in [0, 0.1) is 13.8 Å². The number of amides is 2. The summed E-state index contributed by atoms with van der Waals surface area (Å²) in [4.78, 5) is 14.2. The number of carbonyl (C=O) groups excluding carboxylic acids is 1. The Morgan fingerprint density at radius 3 is 2.71 bits per heavy atom. The number of urea groups is 1. The van der Waals surface area contributed by atoms with Gasteiger partial charge in [0.2, 0.25) is 0 Å². The molecule has 0 spiro atoms. The Morgan fingerprint density at radius 1 is 1.36 bits per heavy atom. The van der Waals surface area contributed by atoms with Gasteiger partial charge in [0.25, 0.3) is 0 Å². The average Bonchev–Trinajstić information content (AvgIpc) is 3.15. The van der Waals surface area contributed by atoms with Crippen LogP contribution in [0.15, 0.2) is 24.3 Å². The van der Waals surface area contributed by atoms with Crippen molar-refractivity contribution >= 4 is 21.6 Å². The number of aryl methyl sites for hydroxylation is 1. The van der Waals surface area contributed by atoms with E-state index in [0.29, 0.717) is 24.4 Å². The standard InChI is InChI=1S/C19H26N4O4S/c1-13-16(14(2)23(21-13)15-9-10-28(25,26)12-15)11-22(3)19(24)20-17-7-5-6-8-18(17)27-4/h5-8,15H,9-12H2,1-4H3,(H,20,24). The molecule has 8 nitrogen and oxygen atoms in total. The third-order valence-electron chi connectivity index (χ3n) is 5.12. The van der Waals surface area contributed by atoms with E-state index in [1.165, 1.54) is 0 Å². The summed E-state index contributed by atoms with van der Waals surface area (Å²) in [5.41, 5.74) is 3.24. The number of carbonyl (C=O) groups is 1. The Hall–Kier alpha value is -2.55. The fourth-order valence-corrected chi connectivity index (χ4v) is 5.21. The molecule has 1 aromatic carbocycles. The first-order valence-electron chi connectivity index (χ1n) is 9.12. The molecule has 1 unspecified atom stereocenters. The zero-order valence-electron chi connectivity index (χ0n) is 16.6. The van der Waals surface area contributed by atoms with Crippen molar-refractivity contribution in [1.29, 1.82) is 0 Å². The molecule has 1 atom stereocenters. The summed E-state index contributed by atoms with van der Waals surface area (Å²) < 4.78 is 30.7. The summed E-state index contributed by atoms with van der Waals surface area (Å²) in [5, 5.41) is 7.40. The molecule has 0 saturated carbocycles. The summed E-state index contributed by atoms with van der Waals surface area (Å²) in [5.74, 6) is 0.914. The molecule has 152 valence electrons. The van der Waals surface area contributed by atoms with Crippen LogP contribution in [0.5, 0.6) is 5.75 Å². The monoisotopic (exact) mass is 406 g/mol. The molecule has 28 heavy (non-hydrogen) atoms. The van der Waals surface area contributed by atoms with Gasteiger partial charge in [0.1, 0.15) is 5.75 Å². The van der Waals surface area contributed by atoms with Crippen molar-refractivity contribution in [2.24, 2.45) is 0 Å². The number of sulfone groups is 1. The van der Waals surface area contributed by atoms with Gasteiger partial charge in [-0.15, -0.1) is 0 Å². The summed E-state index contributed by atoms with van der Waals surface area (Å²) in [6, 6.07) is 6.82. The smallest absolute Gasteiger partial charge is 0.321 e. The molecule has 1 N–H and O–H groups in total. The van der Waals surface area contributed by atoms with E-state index in [0.717, 1.165) is 17.0 Å². The summed E-state index contributed by atoms with van der Waals surface area (Å²) in [7, 11) is 0.275. The van der Waals surface area contributed by atoms with Gasteiger partial charge >= 0.3 is 6.03 Å². The minimum Gasteiger partial charge on any atom is -0.495 e. The van der Waals surface area contributed by atoms with Crippen LogP contribution in [0.4, 0.5) is 10.5 Å². The van der Waals surface area contributed by atoms with E-state index in [-0.39, 0.29) is 23.6 Å². The van der Waals surface area contributed by atoms with E-state index in [9.17, 15) is 13.2 Å². The van der Waals surface area contributed by atoms with E-state index in [4.69, 9.17) is 4.74 Å². The minimum absolute atomic E-state index is 0.124. The van der Waals surface area contributed by atoms with Gasteiger partial charge in [-0.3, -0.25) is 4.68 Å². The second kappa shape index (κ2) is 7.83. The van der Waals surface area contributed by atoms with Crippen molar-refractivity contribution in [1.82, 2.24) is 14.7 Å². The lowest BCUT2D eigenvalue weighted by Crippen LogP contribution is -2.31. The molecule has 2 amide bonds. The SMILES string of the molecule is COc1ccccc1NC(=O)N(C)Cc1c(C)nn(C2CCS(=O)(=O)C2)c1C. The second-order valence-electron chi connectivity index (χ2n) is 7.14. The van der Waals surface area contributed by atoms with Crippen LogP contribution in [0.25, 0.3) is 0 Å². The molecule has 2 heterocycles. The van der Waals surface area contributed by atoms with Gasteiger partial charge in [-0.2, -0.15) is 5.10 Å². The number of aromatic nitrogens is 2. The van der Waals surface area contributed by atoms with Gasteiger partial charge in [0, 0.05) is 18.3 Å². The summed E-state index contributed by atoms with van der Waals surface area (Å²) in [6.45, 7) is 4.18. The fourth-order valence-electron chi connectivity index (χ4n) is 3.52. The van der Waals surface area contributed by atoms with Crippen LogP contribution in [0.2, 0.25) is 0 Å². The molecule has 0 aliphatic carbocycles. The van der Waals surface area contributed by atoms with E-state index < -0.39 is 9.84 Å². The molecule has 1 aliphatic rings. The van der Waals surface area contributed by atoms with Crippen LogP contribution >= 0.6 is 0 Å². The lowest BCUT2D eigenvalue weighted by Gasteiger charge is -2.19. The Bertz CT molecular complexity index is 984. The maximum Gasteiger partial charge on any atom is 0.321 e. The van der Waals surface area contributed by atoms with Gasteiger partial charge in [-0.05, 0) is 32.4 Å². The maximum atomic E-state index is 12.6. The highest BCUT2D eigenvalue weighted by atomic mass is 32.2. The predicted molar refractivity (Wildman–Crippen MR) is 107 cm³/mol. The van der Waals surface area contributed by atoms with Crippen LogP contribution in [-0.4, -0.2) is 54.8 Å². The number of para-hydroxylation sites is 2. The zero-order chi connectivity index (χ0) is 20.5. The molecular formula is C19H26N4O4S. The average molecular weight is 407 g/mol. The van der Waals surface area contributed by atoms with Crippen molar-refractivity contribution in [3.05, 3.63) is 41.2 Å². The van der Waals surface area contributed by atoms with Crippen molar-refractivity contribution in [2.75, 3.05) is 31.0 Å². The third-order valence-corrected chi connectivity index (χ3v) is 6.87. The Kier molecular flexibility index (Phi) is 5.64. The minimum atomic E-state index is -2.99. The van der Waals surface area contributed by atoms with Crippen molar-refractivity contribution in [3.63, 3.8) is 0 Å². The van der Waals surface area contributed by atoms with Gasteiger partial charge < -0.3 is 15.0 Å². The van der Waals surface area contributed by atoms with Gasteiger partial charge in [-0.25, -0.2) is 13.2 Å². The van der Waals surface area contributed by atoms with E-state index >= 15 is 0 Å². The van der Waals surface area contributed by atoms with Crippen molar-refractivity contribution in [2.45, 2.75) is 32.9 Å². The topological polar surface area (TPSA) is 93.5 Å². The van der Waals surface area contributed by atoms with Gasteiger partial charge in [-0.1, -0.05) is 12.1 Å². The van der Waals surface area contributed by atoms with Crippen LogP contribution in [0.1, 0.15) is 29.4 Å². The normalized spacial score (nSPS) is 18.1. The van der Waals surface area contributed by atoms with Crippen molar-refractivity contribution in [3.8, 4) is 5.75 Å². The van der Waals surface area contributed by atoms with Crippen LogP contribution in [-0.2, 0) is 16.4 Å². The van der Waals surface area contributed by atoms with Crippen molar-refractivity contribution < 1.29 is 17.9 Å². The Labute approximate surface area is 165 Å². The van der Waals surface area contributed by atoms with E-state index in [2.05, 4.69) is 10.4 Å². The number of nitrogens with zero attached hydrogens (tertiary/aromatic N) is 3. The molecule has 1 aromatic heterocycles. The second-order valence-corrected chi connectivity index (χ2v) is 9.37. The number of ether oxygens (including phenoxy) is 1. The first kappa shape index (κ1) is 20.2.